The SMILES string of the molecule is CC.CCOP(CCCC1CCC2C3CCC4CC(=O)CCC4(C)C3CCC12C)OCC. The zero-order valence-corrected chi connectivity index (χ0v) is 22.9. The second kappa shape index (κ2) is 11.6. The molecule has 3 nitrogen and oxygen atoms in total. The molecule has 4 fully saturated rings. The fourth-order valence-electron chi connectivity index (χ4n) is 8.55. The summed E-state index contributed by atoms with van der Waals surface area (Å²) in [6.45, 7) is 14.9. The highest BCUT2D eigenvalue weighted by atomic mass is 31.2. The van der Waals surface area contributed by atoms with Crippen molar-refractivity contribution in [3.63, 3.8) is 0 Å². The Morgan fingerprint density at radius 1 is 0.906 bits per heavy atom. The molecule has 4 aliphatic rings. The molecule has 0 saturated heterocycles. The minimum atomic E-state index is -0.677. The molecule has 0 bridgehead atoms. The van der Waals surface area contributed by atoms with Gasteiger partial charge in [-0.05, 0) is 112 Å². The largest absolute Gasteiger partial charge is 0.334 e. The van der Waals surface area contributed by atoms with Crippen LogP contribution in [0, 0.1) is 40.4 Å². The molecule has 4 saturated carbocycles. The molecule has 0 spiro atoms. The van der Waals surface area contributed by atoms with E-state index in [9.17, 15) is 4.79 Å². The Hall–Kier alpha value is 0.0200. The summed E-state index contributed by atoms with van der Waals surface area (Å²) in [6.07, 6.45) is 15.1. The van der Waals surface area contributed by atoms with Crippen molar-refractivity contribution < 1.29 is 13.8 Å². The average Bonchev–Trinajstić information content (AvgIpc) is 3.12. The fourth-order valence-corrected chi connectivity index (χ4v) is 9.90. The quantitative estimate of drug-likeness (QED) is 0.337. The maximum atomic E-state index is 12.1. The number of carbonyl (C=O) groups excluding carboxylic acids is 1. The Balaban J connectivity index is 0.00000141. The van der Waals surface area contributed by atoms with Crippen LogP contribution in [0.1, 0.15) is 112 Å². The van der Waals surface area contributed by atoms with Crippen LogP contribution in [0.2, 0.25) is 0 Å². The summed E-state index contributed by atoms with van der Waals surface area (Å²) in [7, 11) is -0.677. The molecule has 4 heteroatoms. The van der Waals surface area contributed by atoms with Gasteiger partial charge < -0.3 is 9.05 Å². The van der Waals surface area contributed by atoms with Gasteiger partial charge in [0, 0.05) is 19.0 Å². The lowest BCUT2D eigenvalue weighted by molar-refractivity contribution is -0.139. The molecule has 0 aromatic carbocycles. The summed E-state index contributed by atoms with van der Waals surface area (Å²) in [5.41, 5.74) is 0.996. The molecule has 0 aromatic rings. The number of hydrogen-bond donors (Lipinski definition) is 0. The van der Waals surface area contributed by atoms with E-state index in [1.54, 1.807) is 0 Å². The van der Waals surface area contributed by atoms with Gasteiger partial charge in [0.2, 0.25) is 0 Å². The van der Waals surface area contributed by atoms with E-state index in [2.05, 4.69) is 27.7 Å². The van der Waals surface area contributed by atoms with Gasteiger partial charge in [0.1, 0.15) is 5.78 Å². The summed E-state index contributed by atoms with van der Waals surface area (Å²) in [6, 6.07) is 0. The van der Waals surface area contributed by atoms with E-state index in [0.717, 1.165) is 55.9 Å². The fraction of sp³-hybridized carbons (Fsp3) is 0.964. The highest BCUT2D eigenvalue weighted by Crippen LogP contribution is 2.67. The molecule has 4 rings (SSSR count). The van der Waals surface area contributed by atoms with Crippen molar-refractivity contribution in [3.05, 3.63) is 0 Å². The molecule has 186 valence electrons. The predicted octanol–water partition coefficient (Wildman–Crippen LogP) is 8.41. The van der Waals surface area contributed by atoms with E-state index in [1.807, 2.05) is 13.8 Å². The number of Topliss-reactive ketones (excluding diaryl/α,β-unsaturated/α-hetero) is 1. The van der Waals surface area contributed by atoms with E-state index in [-0.39, 0.29) is 0 Å². The maximum absolute atomic E-state index is 12.1. The lowest BCUT2D eigenvalue weighted by Gasteiger charge is -2.60. The number of carbonyl (C=O) groups is 1. The van der Waals surface area contributed by atoms with Crippen LogP contribution in [0.25, 0.3) is 0 Å². The third kappa shape index (κ3) is 5.16. The van der Waals surface area contributed by atoms with Crippen molar-refractivity contribution in [2.24, 2.45) is 40.4 Å². The Morgan fingerprint density at radius 2 is 1.59 bits per heavy atom. The van der Waals surface area contributed by atoms with Gasteiger partial charge in [0.25, 0.3) is 0 Å². The van der Waals surface area contributed by atoms with Crippen LogP contribution in [0.5, 0.6) is 0 Å². The summed E-state index contributed by atoms with van der Waals surface area (Å²) in [5.74, 6) is 4.84. The van der Waals surface area contributed by atoms with Gasteiger partial charge in [-0.1, -0.05) is 27.7 Å². The van der Waals surface area contributed by atoms with Crippen LogP contribution in [-0.4, -0.2) is 25.2 Å². The minimum absolute atomic E-state index is 0.445. The van der Waals surface area contributed by atoms with Gasteiger partial charge in [0.05, 0.1) is 13.2 Å². The first-order valence-corrected chi connectivity index (χ1v) is 15.3. The van der Waals surface area contributed by atoms with Crippen molar-refractivity contribution in [2.75, 3.05) is 19.4 Å². The van der Waals surface area contributed by atoms with Gasteiger partial charge in [0.15, 0.2) is 8.38 Å². The van der Waals surface area contributed by atoms with Crippen LogP contribution >= 0.6 is 8.38 Å². The maximum Gasteiger partial charge on any atom is 0.170 e. The number of ketones is 1. The van der Waals surface area contributed by atoms with Crippen LogP contribution in [0.4, 0.5) is 0 Å². The molecule has 0 aliphatic heterocycles. The Bertz CT molecular complexity index is 603. The summed E-state index contributed by atoms with van der Waals surface area (Å²) < 4.78 is 11.7. The van der Waals surface area contributed by atoms with E-state index in [1.165, 1.54) is 57.8 Å². The molecule has 7 unspecified atom stereocenters. The first-order valence-electron chi connectivity index (χ1n) is 14.0. The Kier molecular flexibility index (Phi) is 9.68. The third-order valence-corrected chi connectivity index (χ3v) is 11.9. The molecule has 32 heavy (non-hydrogen) atoms. The van der Waals surface area contributed by atoms with Crippen LogP contribution in [0.15, 0.2) is 0 Å². The van der Waals surface area contributed by atoms with Crippen LogP contribution in [-0.2, 0) is 13.8 Å². The molecule has 4 aliphatic carbocycles. The first kappa shape index (κ1) is 26.6. The molecule has 0 N–H and O–H groups in total. The van der Waals surface area contributed by atoms with Gasteiger partial charge in [-0.3, -0.25) is 4.79 Å². The van der Waals surface area contributed by atoms with Gasteiger partial charge in [-0.25, -0.2) is 0 Å². The standard InChI is InChI=1S/C26H45O3P.C2H6/c1-5-28-30(29-6-2)17-7-8-19-10-12-23-22-11-9-20-18-21(27)13-15-26(20,4)24(22)14-16-25(19,23)3;1-2/h19-20,22-24H,5-18H2,1-4H3;1-2H3. The van der Waals surface area contributed by atoms with E-state index in [4.69, 9.17) is 9.05 Å². The van der Waals surface area contributed by atoms with Gasteiger partial charge in [-0.15, -0.1) is 0 Å². The zero-order valence-electron chi connectivity index (χ0n) is 22.0. The highest BCUT2D eigenvalue weighted by molar-refractivity contribution is 7.47. The molecule has 0 radical (unpaired) electrons. The number of rotatable bonds is 8. The second-order valence-electron chi connectivity index (χ2n) is 11.3. The predicted molar refractivity (Wildman–Crippen MR) is 136 cm³/mol. The zero-order chi connectivity index (χ0) is 23.4. The van der Waals surface area contributed by atoms with Gasteiger partial charge in [-0.2, -0.15) is 0 Å². The lowest BCUT2D eigenvalue weighted by atomic mass is 9.44. The molecular weight excluding hydrogens is 415 g/mol. The smallest absolute Gasteiger partial charge is 0.170 e. The monoisotopic (exact) mass is 466 g/mol. The van der Waals surface area contributed by atoms with Crippen LogP contribution in [0.3, 0.4) is 0 Å². The third-order valence-electron chi connectivity index (χ3n) is 10.1. The Morgan fingerprint density at radius 3 is 2.28 bits per heavy atom. The molecule has 0 heterocycles. The Labute approximate surface area is 200 Å². The van der Waals surface area contributed by atoms with Crippen molar-refractivity contribution in [1.29, 1.82) is 0 Å². The number of hydrogen-bond acceptors (Lipinski definition) is 3. The topological polar surface area (TPSA) is 35.5 Å². The summed E-state index contributed by atoms with van der Waals surface area (Å²) >= 11 is 0. The summed E-state index contributed by atoms with van der Waals surface area (Å²) in [5, 5.41) is 0. The minimum Gasteiger partial charge on any atom is -0.334 e. The van der Waals surface area contributed by atoms with E-state index < -0.39 is 8.38 Å². The van der Waals surface area contributed by atoms with Crippen molar-refractivity contribution in [3.8, 4) is 0 Å². The molecule has 0 aromatic heterocycles. The second-order valence-corrected chi connectivity index (χ2v) is 12.9. The summed E-state index contributed by atoms with van der Waals surface area (Å²) in [4.78, 5) is 12.1. The van der Waals surface area contributed by atoms with E-state index in [0.29, 0.717) is 22.5 Å². The molecule has 7 atom stereocenters. The lowest BCUT2D eigenvalue weighted by Crippen LogP contribution is -2.53. The molecule has 0 amide bonds. The molecular formula is C28H51O3P. The van der Waals surface area contributed by atoms with Crippen molar-refractivity contribution in [2.45, 2.75) is 112 Å². The van der Waals surface area contributed by atoms with Crippen molar-refractivity contribution >= 4 is 14.2 Å². The van der Waals surface area contributed by atoms with Crippen LogP contribution < -0.4 is 0 Å². The van der Waals surface area contributed by atoms with Crippen molar-refractivity contribution in [1.82, 2.24) is 0 Å². The normalized spacial score (nSPS) is 40.8. The first-order chi connectivity index (χ1) is 15.4. The van der Waals surface area contributed by atoms with Gasteiger partial charge >= 0.3 is 0 Å². The average molecular weight is 467 g/mol. The number of fused-ring (bicyclic) bond motifs is 5. The highest BCUT2D eigenvalue weighted by Gasteiger charge is 2.59. The van der Waals surface area contributed by atoms with E-state index >= 15 is 0 Å².